The van der Waals surface area contributed by atoms with E-state index in [4.69, 9.17) is 4.43 Å². The molecule has 0 bridgehead atoms. The first-order chi connectivity index (χ1) is 16.2. The van der Waals surface area contributed by atoms with Crippen LogP contribution in [0.5, 0.6) is 5.88 Å². The lowest BCUT2D eigenvalue weighted by Gasteiger charge is -2.31. The fourth-order valence-corrected chi connectivity index (χ4v) is 5.16. The molecule has 0 aliphatic carbocycles. The molecule has 2 aromatic rings. The Morgan fingerprint density at radius 2 is 1.54 bits per heavy atom. The third-order valence-electron chi connectivity index (χ3n) is 5.96. The molecule has 5 nitrogen and oxygen atoms in total. The molecule has 1 aromatic carbocycles. The molecular weight excluding hydrogens is 495 g/mol. The molecule has 0 saturated heterocycles. The Bertz CT molecular complexity index is 1050. The number of benzene rings is 1. The third-order valence-corrected chi connectivity index (χ3v) is 7.81. The Kier molecular flexibility index (Phi) is 10.6. The van der Waals surface area contributed by atoms with Gasteiger partial charge in [-0.15, -0.1) is 0 Å². The van der Waals surface area contributed by atoms with Crippen molar-refractivity contribution in [3.63, 3.8) is 0 Å². The predicted molar refractivity (Wildman–Crippen MR) is 137 cm³/mol. The summed E-state index contributed by atoms with van der Waals surface area (Å²) in [6, 6.07) is 8.35. The number of nitrogens with zero attached hydrogens (tertiary/aromatic N) is 1. The molecule has 0 aliphatic heterocycles. The van der Waals surface area contributed by atoms with Gasteiger partial charge in [0, 0.05) is 18.1 Å². The highest BCUT2D eigenvalue weighted by Gasteiger charge is 2.48. The first-order valence-electron chi connectivity index (χ1n) is 12.2. The molecule has 0 saturated carbocycles. The lowest BCUT2D eigenvalue weighted by Crippen LogP contribution is -2.28. The van der Waals surface area contributed by atoms with Crippen molar-refractivity contribution in [3.8, 4) is 5.88 Å². The normalized spacial score (nSPS) is 14.0. The Balaban J connectivity index is 2.04. The van der Waals surface area contributed by atoms with Crippen molar-refractivity contribution in [2.75, 3.05) is 6.61 Å². The zero-order valence-electron chi connectivity index (χ0n) is 21.3. The lowest BCUT2D eigenvalue weighted by molar-refractivity contribution is -0.0501. The number of rotatable bonds is 13. The summed E-state index contributed by atoms with van der Waals surface area (Å²) in [5.41, 5.74) is -4.10. The second-order valence-electron chi connectivity index (χ2n) is 10.3. The highest BCUT2D eigenvalue weighted by atomic mass is 32.2. The Morgan fingerprint density at radius 1 is 0.943 bits per heavy atom. The SMILES string of the molecule is C[SiH](C)OCCCCCCCCC(c1ccc2ccc(OS(=O)(=O)C(F)(F)F)nc2c1)C(C)(C)C. The van der Waals surface area contributed by atoms with Crippen LogP contribution >= 0.6 is 0 Å². The van der Waals surface area contributed by atoms with E-state index >= 15 is 0 Å². The van der Waals surface area contributed by atoms with Crippen molar-refractivity contribution in [2.45, 2.75) is 90.2 Å². The Labute approximate surface area is 209 Å². The fourth-order valence-electron chi connectivity index (χ4n) is 4.11. The van der Waals surface area contributed by atoms with Crippen molar-refractivity contribution in [3.05, 3.63) is 35.9 Å². The molecule has 0 N–H and O–H groups in total. The molecule has 10 heteroatoms. The zero-order valence-corrected chi connectivity index (χ0v) is 23.3. The molecule has 0 radical (unpaired) electrons. The van der Waals surface area contributed by atoms with E-state index in [-0.39, 0.29) is 11.3 Å². The van der Waals surface area contributed by atoms with Gasteiger partial charge in [0.2, 0.25) is 5.88 Å². The van der Waals surface area contributed by atoms with E-state index < -0.39 is 30.5 Å². The van der Waals surface area contributed by atoms with Crippen LogP contribution in [0.2, 0.25) is 13.1 Å². The first kappa shape index (κ1) is 29.6. The smallest absolute Gasteiger partial charge is 0.421 e. The number of unbranched alkanes of at least 4 members (excludes halogenated alkanes) is 5. The van der Waals surface area contributed by atoms with Crippen molar-refractivity contribution in [1.82, 2.24) is 4.98 Å². The summed E-state index contributed by atoms with van der Waals surface area (Å²) in [6.07, 6.45) is 7.90. The van der Waals surface area contributed by atoms with Gasteiger partial charge in [-0.05, 0) is 55.0 Å². The first-order valence-corrected chi connectivity index (χ1v) is 16.4. The van der Waals surface area contributed by atoms with Crippen LogP contribution in [0.4, 0.5) is 13.2 Å². The number of halogens is 3. The van der Waals surface area contributed by atoms with Crippen LogP contribution in [0.3, 0.4) is 0 Å². The van der Waals surface area contributed by atoms with E-state index in [1.54, 1.807) is 0 Å². The maximum atomic E-state index is 12.7. The van der Waals surface area contributed by atoms with Crippen molar-refractivity contribution in [1.29, 1.82) is 0 Å². The standard InChI is InChI=1S/C25H38F3NO4SSi/c1-24(2,3)21(12-10-8-6-7-9-11-17-32-35(4)5)20-14-13-19-15-16-23(29-22(19)18-20)33-34(30,31)25(26,27)28/h13-16,18,21,35H,6-12,17H2,1-5H3. The number of pyridine rings is 1. The minimum atomic E-state index is -5.77. The summed E-state index contributed by atoms with van der Waals surface area (Å²) in [6.45, 7) is 11.7. The van der Waals surface area contributed by atoms with Crippen LogP contribution in [0.1, 0.15) is 77.2 Å². The second kappa shape index (κ2) is 12.5. The van der Waals surface area contributed by atoms with E-state index in [1.807, 2.05) is 18.2 Å². The zero-order chi connectivity index (χ0) is 26.3. The molecule has 1 heterocycles. The van der Waals surface area contributed by atoms with Crippen LogP contribution in [0, 0.1) is 5.41 Å². The molecule has 1 atom stereocenters. The Hall–Kier alpha value is -1.65. The lowest BCUT2D eigenvalue weighted by atomic mass is 9.73. The maximum Gasteiger partial charge on any atom is 0.534 e. The molecule has 0 fully saturated rings. The number of fused-ring (bicyclic) bond motifs is 1. The molecule has 2 rings (SSSR count). The van der Waals surface area contributed by atoms with Gasteiger partial charge in [0.05, 0.1) is 5.52 Å². The monoisotopic (exact) mass is 533 g/mol. The van der Waals surface area contributed by atoms with Gasteiger partial charge in [-0.1, -0.05) is 65.0 Å². The average molecular weight is 534 g/mol. The van der Waals surface area contributed by atoms with Gasteiger partial charge in [-0.25, -0.2) is 4.98 Å². The van der Waals surface area contributed by atoms with Crippen LogP contribution in [0.15, 0.2) is 30.3 Å². The van der Waals surface area contributed by atoms with Gasteiger partial charge in [0.15, 0.2) is 9.04 Å². The van der Waals surface area contributed by atoms with Crippen LogP contribution in [-0.2, 0) is 14.5 Å². The number of aromatic nitrogens is 1. The summed E-state index contributed by atoms with van der Waals surface area (Å²) >= 11 is 0. The average Bonchev–Trinajstić information content (AvgIpc) is 2.72. The second-order valence-corrected chi connectivity index (χ2v) is 14.3. The van der Waals surface area contributed by atoms with Crippen molar-refractivity contribution >= 4 is 30.1 Å². The summed E-state index contributed by atoms with van der Waals surface area (Å²) in [5.74, 6) is -0.373. The van der Waals surface area contributed by atoms with E-state index in [1.165, 1.54) is 25.3 Å². The quantitative estimate of drug-likeness (QED) is 0.117. The maximum absolute atomic E-state index is 12.7. The summed E-state index contributed by atoms with van der Waals surface area (Å²) in [7, 11) is -6.68. The van der Waals surface area contributed by atoms with E-state index in [0.717, 1.165) is 43.9 Å². The van der Waals surface area contributed by atoms with Crippen LogP contribution < -0.4 is 4.18 Å². The predicted octanol–water partition coefficient (Wildman–Crippen LogP) is 7.32. The minimum Gasteiger partial charge on any atom is -0.421 e. The van der Waals surface area contributed by atoms with Gasteiger partial charge < -0.3 is 8.61 Å². The van der Waals surface area contributed by atoms with Gasteiger partial charge >= 0.3 is 15.6 Å². The van der Waals surface area contributed by atoms with E-state index in [9.17, 15) is 21.6 Å². The van der Waals surface area contributed by atoms with Gasteiger partial charge in [-0.3, -0.25) is 0 Å². The minimum absolute atomic E-state index is 0.0283. The summed E-state index contributed by atoms with van der Waals surface area (Å²) in [4.78, 5) is 4.05. The molecule has 1 aromatic heterocycles. The molecule has 0 amide bonds. The molecule has 1 unspecified atom stereocenters. The van der Waals surface area contributed by atoms with Gasteiger partial charge in [-0.2, -0.15) is 21.6 Å². The summed E-state index contributed by atoms with van der Waals surface area (Å²) in [5, 5.41) is 0.697. The number of hydrogen-bond acceptors (Lipinski definition) is 5. The molecule has 0 spiro atoms. The van der Waals surface area contributed by atoms with Gasteiger partial charge in [0.25, 0.3) is 0 Å². The van der Waals surface area contributed by atoms with Crippen LogP contribution in [-0.4, -0.2) is 34.6 Å². The fraction of sp³-hybridized carbons (Fsp3) is 0.640. The highest BCUT2D eigenvalue weighted by Crippen LogP contribution is 2.40. The third kappa shape index (κ3) is 9.38. The largest absolute Gasteiger partial charge is 0.534 e. The van der Waals surface area contributed by atoms with Crippen molar-refractivity contribution < 1.29 is 30.2 Å². The topological polar surface area (TPSA) is 65.5 Å². The summed E-state index contributed by atoms with van der Waals surface area (Å²) < 4.78 is 70.6. The number of hydrogen-bond donors (Lipinski definition) is 0. The highest BCUT2D eigenvalue weighted by molar-refractivity contribution is 7.87. The molecule has 198 valence electrons. The number of alkyl halides is 3. The van der Waals surface area contributed by atoms with Gasteiger partial charge in [0.1, 0.15) is 0 Å². The van der Waals surface area contributed by atoms with Crippen LogP contribution in [0.25, 0.3) is 10.9 Å². The van der Waals surface area contributed by atoms with E-state index in [0.29, 0.717) is 10.9 Å². The Morgan fingerprint density at radius 3 is 2.14 bits per heavy atom. The molecule has 35 heavy (non-hydrogen) atoms. The molecule has 0 aliphatic rings. The molecular formula is C25H38F3NO4SSi. The van der Waals surface area contributed by atoms with Crippen molar-refractivity contribution in [2.24, 2.45) is 5.41 Å². The van der Waals surface area contributed by atoms with E-state index in [2.05, 4.69) is 43.0 Å².